The number of rotatable bonds is 3. The molecule has 13 heavy (non-hydrogen) atoms. The average Bonchev–Trinajstić information content (AvgIpc) is 2.18. The number of halogens is 1. The van der Waals surface area contributed by atoms with Crippen molar-refractivity contribution in [1.82, 2.24) is 4.31 Å². The molecule has 1 fully saturated rings. The molecular weight excluding hydrogens is 254 g/mol. The Morgan fingerprint density at radius 1 is 1.46 bits per heavy atom. The van der Waals surface area contributed by atoms with Gasteiger partial charge in [-0.3, -0.25) is 0 Å². The highest BCUT2D eigenvalue weighted by atomic mass is 79.9. The van der Waals surface area contributed by atoms with E-state index in [0.717, 1.165) is 24.6 Å². The van der Waals surface area contributed by atoms with Gasteiger partial charge in [-0.05, 0) is 19.8 Å². The molecular formula is C8H16BrNO2S. The van der Waals surface area contributed by atoms with Crippen LogP contribution in [-0.4, -0.2) is 36.4 Å². The Morgan fingerprint density at radius 2 is 2.15 bits per heavy atom. The van der Waals surface area contributed by atoms with Gasteiger partial charge in [0.05, 0.1) is 5.75 Å². The Bertz CT molecular complexity index is 253. The fourth-order valence-corrected chi connectivity index (χ4v) is 3.90. The smallest absolute Gasteiger partial charge is 0.212 e. The van der Waals surface area contributed by atoms with Gasteiger partial charge in [-0.15, -0.1) is 0 Å². The minimum Gasteiger partial charge on any atom is -0.212 e. The topological polar surface area (TPSA) is 37.4 Å². The van der Waals surface area contributed by atoms with E-state index in [-0.39, 0.29) is 11.8 Å². The van der Waals surface area contributed by atoms with Gasteiger partial charge in [-0.2, -0.15) is 4.31 Å². The largest absolute Gasteiger partial charge is 0.214 e. The predicted octanol–water partition coefficient (Wildman–Crippen LogP) is 1.59. The molecule has 0 N–H and O–H groups in total. The average molecular weight is 270 g/mol. The Kier molecular flexibility index (Phi) is 4.19. The first-order valence-corrected chi connectivity index (χ1v) is 7.40. The number of alkyl halides is 1. The van der Waals surface area contributed by atoms with Crippen LogP contribution in [0.15, 0.2) is 0 Å². The molecule has 1 heterocycles. The molecule has 0 aromatic heterocycles. The second kappa shape index (κ2) is 4.75. The van der Waals surface area contributed by atoms with E-state index in [9.17, 15) is 8.42 Å². The Hall–Kier alpha value is 0.390. The number of nitrogens with zero attached hydrogens (tertiary/aromatic N) is 1. The van der Waals surface area contributed by atoms with Crippen molar-refractivity contribution in [2.24, 2.45) is 0 Å². The minimum absolute atomic E-state index is 0.179. The van der Waals surface area contributed by atoms with E-state index >= 15 is 0 Å². The minimum atomic E-state index is -2.98. The van der Waals surface area contributed by atoms with Crippen molar-refractivity contribution in [2.45, 2.75) is 32.2 Å². The molecule has 1 saturated heterocycles. The van der Waals surface area contributed by atoms with Gasteiger partial charge in [-0.1, -0.05) is 22.4 Å². The lowest BCUT2D eigenvalue weighted by Crippen LogP contribution is -2.45. The highest BCUT2D eigenvalue weighted by molar-refractivity contribution is 9.09. The summed E-state index contributed by atoms with van der Waals surface area (Å²) in [6.45, 7) is 2.40. The number of hydrogen-bond acceptors (Lipinski definition) is 2. The lowest BCUT2D eigenvalue weighted by atomic mass is 10.1. The van der Waals surface area contributed by atoms with Gasteiger partial charge in [-0.25, -0.2) is 8.42 Å². The quantitative estimate of drug-likeness (QED) is 0.730. The number of sulfonamides is 1. The third-order valence-corrected chi connectivity index (χ3v) is 5.15. The van der Waals surface area contributed by atoms with E-state index in [4.69, 9.17) is 0 Å². The summed E-state index contributed by atoms with van der Waals surface area (Å²) in [5.74, 6) is 0.219. The number of piperidine rings is 1. The van der Waals surface area contributed by atoms with Crippen molar-refractivity contribution < 1.29 is 8.42 Å². The Labute approximate surface area is 88.7 Å². The van der Waals surface area contributed by atoms with Crippen molar-refractivity contribution in [2.75, 3.05) is 17.6 Å². The normalized spacial score (nSPS) is 26.2. The summed E-state index contributed by atoms with van der Waals surface area (Å²) < 4.78 is 24.9. The summed E-state index contributed by atoms with van der Waals surface area (Å²) in [5, 5.41) is 0.756. The molecule has 1 unspecified atom stereocenters. The number of hydrogen-bond donors (Lipinski definition) is 0. The summed E-state index contributed by atoms with van der Waals surface area (Å²) >= 11 is 3.37. The summed E-state index contributed by atoms with van der Waals surface area (Å²) in [6, 6.07) is 0.179. The van der Waals surface area contributed by atoms with Gasteiger partial charge < -0.3 is 0 Å². The van der Waals surface area contributed by atoms with Crippen molar-refractivity contribution in [3.63, 3.8) is 0 Å². The van der Waals surface area contributed by atoms with E-state index in [1.807, 2.05) is 0 Å². The van der Waals surface area contributed by atoms with E-state index in [0.29, 0.717) is 6.54 Å². The van der Waals surface area contributed by atoms with Crippen LogP contribution in [0, 0.1) is 0 Å². The van der Waals surface area contributed by atoms with Gasteiger partial charge in [0.1, 0.15) is 0 Å². The summed E-state index contributed by atoms with van der Waals surface area (Å²) in [7, 11) is -2.98. The molecule has 0 radical (unpaired) electrons. The van der Waals surface area contributed by atoms with Crippen molar-refractivity contribution in [1.29, 1.82) is 0 Å². The zero-order valence-corrected chi connectivity index (χ0v) is 10.3. The first-order chi connectivity index (χ1) is 6.11. The van der Waals surface area contributed by atoms with E-state index < -0.39 is 10.0 Å². The molecule has 1 rings (SSSR count). The van der Waals surface area contributed by atoms with E-state index in [1.165, 1.54) is 0 Å². The molecule has 0 aromatic carbocycles. The third-order valence-electron chi connectivity index (χ3n) is 2.47. The van der Waals surface area contributed by atoms with E-state index in [2.05, 4.69) is 15.9 Å². The molecule has 0 amide bonds. The molecule has 78 valence electrons. The predicted molar refractivity (Wildman–Crippen MR) is 57.6 cm³/mol. The lowest BCUT2D eigenvalue weighted by molar-refractivity contribution is 0.274. The monoisotopic (exact) mass is 269 g/mol. The molecule has 0 saturated carbocycles. The Morgan fingerprint density at radius 3 is 2.69 bits per heavy atom. The van der Waals surface area contributed by atoms with Crippen molar-refractivity contribution in [3.05, 3.63) is 0 Å². The molecule has 5 heteroatoms. The van der Waals surface area contributed by atoms with Crippen LogP contribution in [-0.2, 0) is 10.0 Å². The molecule has 0 bridgehead atoms. The van der Waals surface area contributed by atoms with E-state index in [1.54, 1.807) is 11.2 Å². The molecule has 3 nitrogen and oxygen atoms in total. The standard InChI is InChI=1S/C8H16BrNO2S/c1-2-13(11,12)10-6-4-3-5-8(10)7-9/h8H,2-7H2,1H3. The first-order valence-electron chi connectivity index (χ1n) is 4.67. The van der Waals surface area contributed by atoms with Crippen LogP contribution >= 0.6 is 15.9 Å². The molecule has 0 spiro atoms. The van der Waals surface area contributed by atoms with Crippen LogP contribution in [0.25, 0.3) is 0 Å². The lowest BCUT2D eigenvalue weighted by Gasteiger charge is -2.33. The summed E-state index contributed by atoms with van der Waals surface area (Å²) in [6.07, 6.45) is 3.14. The van der Waals surface area contributed by atoms with Crippen molar-refractivity contribution >= 4 is 26.0 Å². The first kappa shape index (κ1) is 11.5. The van der Waals surface area contributed by atoms with Gasteiger partial charge >= 0.3 is 0 Å². The van der Waals surface area contributed by atoms with Crippen LogP contribution in [0.5, 0.6) is 0 Å². The van der Waals surface area contributed by atoms with Crippen LogP contribution in [0.2, 0.25) is 0 Å². The molecule has 1 aliphatic heterocycles. The highest BCUT2D eigenvalue weighted by Gasteiger charge is 2.29. The second-order valence-corrected chi connectivity index (χ2v) is 6.17. The maximum Gasteiger partial charge on any atom is 0.214 e. The highest BCUT2D eigenvalue weighted by Crippen LogP contribution is 2.21. The summed E-state index contributed by atoms with van der Waals surface area (Å²) in [4.78, 5) is 0. The van der Waals surface area contributed by atoms with Crippen LogP contribution in [0.3, 0.4) is 0 Å². The molecule has 0 aliphatic carbocycles. The molecule has 0 aromatic rings. The third kappa shape index (κ3) is 2.67. The zero-order chi connectivity index (χ0) is 9.90. The molecule has 1 atom stereocenters. The fraction of sp³-hybridized carbons (Fsp3) is 1.00. The Balaban J connectivity index is 2.75. The summed E-state index contributed by atoms with van der Waals surface area (Å²) in [5.41, 5.74) is 0. The fourth-order valence-electron chi connectivity index (χ4n) is 1.66. The van der Waals surface area contributed by atoms with Gasteiger partial charge in [0.15, 0.2) is 0 Å². The van der Waals surface area contributed by atoms with Crippen LogP contribution in [0.4, 0.5) is 0 Å². The van der Waals surface area contributed by atoms with Crippen LogP contribution in [0.1, 0.15) is 26.2 Å². The second-order valence-electron chi connectivity index (χ2n) is 3.32. The van der Waals surface area contributed by atoms with Crippen molar-refractivity contribution in [3.8, 4) is 0 Å². The van der Waals surface area contributed by atoms with Gasteiger partial charge in [0.25, 0.3) is 0 Å². The maximum absolute atomic E-state index is 11.6. The van der Waals surface area contributed by atoms with Gasteiger partial charge in [0.2, 0.25) is 10.0 Å². The molecule has 1 aliphatic rings. The maximum atomic E-state index is 11.6. The van der Waals surface area contributed by atoms with Gasteiger partial charge in [0, 0.05) is 17.9 Å². The SMILES string of the molecule is CCS(=O)(=O)N1CCCCC1CBr. The zero-order valence-electron chi connectivity index (χ0n) is 7.87. The van der Waals surface area contributed by atoms with Crippen LogP contribution < -0.4 is 0 Å².